The molecule has 36 heavy (non-hydrogen) atoms. The molecule has 4 heteroatoms. The van der Waals surface area contributed by atoms with Crippen LogP contribution in [0, 0.1) is 26.7 Å². The molecule has 3 aromatic rings. The molecule has 1 aromatic heterocycles. The monoisotopic (exact) mass is 483 g/mol. The van der Waals surface area contributed by atoms with Gasteiger partial charge >= 0.3 is 0 Å². The molecule has 2 aromatic carbocycles. The fourth-order valence-electron chi connectivity index (χ4n) is 5.04. The van der Waals surface area contributed by atoms with E-state index in [4.69, 9.17) is 0 Å². The van der Waals surface area contributed by atoms with Crippen LogP contribution in [-0.2, 0) is 6.54 Å². The van der Waals surface area contributed by atoms with Crippen molar-refractivity contribution in [2.24, 2.45) is 5.92 Å². The van der Waals surface area contributed by atoms with Crippen molar-refractivity contribution in [2.45, 2.75) is 66.5 Å². The summed E-state index contributed by atoms with van der Waals surface area (Å²) < 4.78 is 0. The van der Waals surface area contributed by atoms with Gasteiger partial charge in [0.05, 0.1) is 0 Å². The maximum Gasteiger partial charge on any atom is 0.272 e. The first kappa shape index (κ1) is 26.1. The van der Waals surface area contributed by atoms with Gasteiger partial charge in [0.2, 0.25) is 0 Å². The molecular weight excluding hydrogens is 442 g/mol. The minimum atomic E-state index is 0.0363. The van der Waals surface area contributed by atoms with E-state index in [1.807, 2.05) is 19.1 Å². The first-order chi connectivity index (χ1) is 17.3. The van der Waals surface area contributed by atoms with E-state index in [0.29, 0.717) is 12.2 Å². The lowest BCUT2D eigenvalue weighted by Gasteiger charge is -2.38. The second kappa shape index (κ2) is 11.8. The highest BCUT2D eigenvalue weighted by atomic mass is 16.2. The number of pyridine rings is 1. The third-order valence-corrected chi connectivity index (χ3v) is 7.42. The number of hydrogen-bond donors (Lipinski definition) is 0. The first-order valence-corrected chi connectivity index (χ1v) is 13.4. The van der Waals surface area contributed by atoms with Crippen molar-refractivity contribution in [1.29, 1.82) is 0 Å². The number of carbonyl (C=O) groups excluding carboxylic acids is 1. The molecule has 1 fully saturated rings. The molecule has 190 valence electrons. The number of carbonyl (C=O) groups is 1. The maximum atomic E-state index is 13.7. The zero-order chi connectivity index (χ0) is 25.7. The summed E-state index contributed by atoms with van der Waals surface area (Å²) in [5, 5.41) is 0. The van der Waals surface area contributed by atoms with E-state index in [9.17, 15) is 4.79 Å². The van der Waals surface area contributed by atoms with Gasteiger partial charge in [0.25, 0.3) is 5.91 Å². The lowest BCUT2D eigenvalue weighted by molar-refractivity contribution is 0.0540. The molecule has 1 aliphatic rings. The third-order valence-electron chi connectivity index (χ3n) is 7.42. The molecule has 0 bridgehead atoms. The Morgan fingerprint density at radius 3 is 2.31 bits per heavy atom. The lowest BCUT2D eigenvalue weighted by Crippen LogP contribution is -2.47. The first-order valence-electron chi connectivity index (χ1n) is 13.4. The van der Waals surface area contributed by atoms with E-state index in [1.54, 1.807) is 6.20 Å². The third kappa shape index (κ3) is 6.61. The summed E-state index contributed by atoms with van der Waals surface area (Å²) in [4.78, 5) is 22.8. The van der Waals surface area contributed by atoms with Gasteiger partial charge in [-0.15, -0.1) is 0 Å². The molecular formula is C32H41N3O. The van der Waals surface area contributed by atoms with E-state index in [1.165, 1.54) is 28.7 Å². The predicted octanol–water partition coefficient (Wildman–Crippen LogP) is 6.83. The van der Waals surface area contributed by atoms with E-state index in [2.05, 4.69) is 84.9 Å². The summed E-state index contributed by atoms with van der Waals surface area (Å²) in [6.07, 6.45) is 5.04. The number of hydrogen-bond acceptors (Lipinski definition) is 3. The van der Waals surface area contributed by atoms with Gasteiger partial charge in [-0.05, 0) is 86.4 Å². The van der Waals surface area contributed by atoms with Crippen molar-refractivity contribution < 1.29 is 4.79 Å². The van der Waals surface area contributed by atoms with Crippen molar-refractivity contribution in [3.8, 4) is 11.1 Å². The minimum Gasteiger partial charge on any atom is -0.330 e. The SMILES string of the molecule is Cc1ccc(C(=O)N(Cc2ccc(-c3cc(C)ccc3C)cc2)C2CCN(CCC(C)C)CC2)nc1. The Balaban J connectivity index is 1.52. The summed E-state index contributed by atoms with van der Waals surface area (Å²) >= 11 is 0. The Kier molecular flexibility index (Phi) is 8.58. The molecule has 0 N–H and O–H groups in total. The van der Waals surface area contributed by atoms with Crippen LogP contribution in [0.15, 0.2) is 60.8 Å². The molecule has 4 rings (SSSR count). The number of nitrogens with zero attached hydrogens (tertiary/aromatic N) is 3. The van der Waals surface area contributed by atoms with Crippen LogP contribution < -0.4 is 0 Å². The summed E-state index contributed by atoms with van der Waals surface area (Å²) in [7, 11) is 0. The molecule has 0 saturated carbocycles. The van der Waals surface area contributed by atoms with Crippen LogP contribution in [0.3, 0.4) is 0 Å². The fraction of sp³-hybridized carbons (Fsp3) is 0.438. The molecule has 0 aliphatic carbocycles. The van der Waals surface area contributed by atoms with E-state index in [0.717, 1.165) is 49.5 Å². The van der Waals surface area contributed by atoms with Crippen LogP contribution in [0.25, 0.3) is 11.1 Å². The highest BCUT2D eigenvalue weighted by molar-refractivity contribution is 5.92. The molecule has 2 heterocycles. The Morgan fingerprint density at radius 2 is 1.67 bits per heavy atom. The van der Waals surface area contributed by atoms with Crippen LogP contribution in [0.2, 0.25) is 0 Å². The van der Waals surface area contributed by atoms with Gasteiger partial charge in [-0.25, -0.2) is 0 Å². The fourth-order valence-corrected chi connectivity index (χ4v) is 5.04. The molecule has 1 saturated heterocycles. The van der Waals surface area contributed by atoms with E-state index >= 15 is 0 Å². The van der Waals surface area contributed by atoms with Gasteiger partial charge in [0, 0.05) is 31.9 Å². The van der Waals surface area contributed by atoms with Crippen molar-refractivity contribution in [3.05, 3.63) is 88.7 Å². The number of piperidine rings is 1. The number of rotatable bonds is 8. The quantitative estimate of drug-likeness (QED) is 0.352. The van der Waals surface area contributed by atoms with Gasteiger partial charge < -0.3 is 9.80 Å². The van der Waals surface area contributed by atoms with Gasteiger partial charge in [0.15, 0.2) is 0 Å². The lowest BCUT2D eigenvalue weighted by atomic mass is 9.97. The average molecular weight is 484 g/mol. The van der Waals surface area contributed by atoms with Gasteiger partial charge in [-0.3, -0.25) is 9.78 Å². The second-order valence-electron chi connectivity index (χ2n) is 10.9. The summed E-state index contributed by atoms with van der Waals surface area (Å²) in [5.74, 6) is 0.759. The number of benzene rings is 2. The molecule has 0 unspecified atom stereocenters. The smallest absolute Gasteiger partial charge is 0.272 e. The van der Waals surface area contributed by atoms with E-state index in [-0.39, 0.29) is 11.9 Å². The van der Waals surface area contributed by atoms with Crippen molar-refractivity contribution in [3.63, 3.8) is 0 Å². The predicted molar refractivity (Wildman–Crippen MR) is 149 cm³/mol. The van der Waals surface area contributed by atoms with Gasteiger partial charge in [-0.1, -0.05) is 67.9 Å². The highest BCUT2D eigenvalue weighted by Gasteiger charge is 2.29. The zero-order valence-electron chi connectivity index (χ0n) is 22.6. The van der Waals surface area contributed by atoms with E-state index < -0.39 is 0 Å². The Hall–Kier alpha value is -2.98. The largest absolute Gasteiger partial charge is 0.330 e. The normalized spacial score (nSPS) is 14.8. The van der Waals surface area contributed by atoms with Crippen LogP contribution >= 0.6 is 0 Å². The number of aryl methyl sites for hydroxylation is 3. The number of likely N-dealkylation sites (tertiary alicyclic amines) is 1. The summed E-state index contributed by atoms with van der Waals surface area (Å²) in [5.41, 5.74) is 7.80. The zero-order valence-corrected chi connectivity index (χ0v) is 22.6. The topological polar surface area (TPSA) is 36.4 Å². The molecule has 4 nitrogen and oxygen atoms in total. The highest BCUT2D eigenvalue weighted by Crippen LogP contribution is 2.27. The van der Waals surface area contributed by atoms with Gasteiger partial charge in [0.1, 0.15) is 5.69 Å². The van der Waals surface area contributed by atoms with Crippen molar-refractivity contribution in [1.82, 2.24) is 14.8 Å². The summed E-state index contributed by atoms with van der Waals surface area (Å²) in [6.45, 7) is 14.7. The Labute approximate surface area is 217 Å². The molecule has 1 amide bonds. The Bertz CT molecular complexity index is 1140. The van der Waals surface area contributed by atoms with Gasteiger partial charge in [-0.2, -0.15) is 0 Å². The van der Waals surface area contributed by atoms with Crippen LogP contribution in [0.1, 0.15) is 65.9 Å². The van der Waals surface area contributed by atoms with Crippen LogP contribution in [-0.4, -0.2) is 46.4 Å². The summed E-state index contributed by atoms with van der Waals surface area (Å²) in [6, 6.07) is 19.4. The number of amides is 1. The molecule has 0 spiro atoms. The van der Waals surface area contributed by atoms with Crippen LogP contribution in [0.4, 0.5) is 0 Å². The van der Waals surface area contributed by atoms with Crippen LogP contribution in [0.5, 0.6) is 0 Å². The van der Waals surface area contributed by atoms with Crippen molar-refractivity contribution in [2.75, 3.05) is 19.6 Å². The minimum absolute atomic E-state index is 0.0363. The standard InChI is InChI=1S/C32H41N3O/c1-23(2)14-17-34-18-15-29(16-19-34)35(32(36)31-13-7-25(4)21-33-31)22-27-9-11-28(12-10-27)30-20-24(3)6-8-26(30)5/h6-13,20-21,23,29H,14-19,22H2,1-5H3. The molecule has 0 atom stereocenters. The maximum absolute atomic E-state index is 13.7. The Morgan fingerprint density at radius 1 is 0.972 bits per heavy atom. The molecule has 1 aliphatic heterocycles. The number of aromatic nitrogens is 1. The van der Waals surface area contributed by atoms with Crippen molar-refractivity contribution >= 4 is 5.91 Å². The molecule has 0 radical (unpaired) electrons. The second-order valence-corrected chi connectivity index (χ2v) is 10.9. The average Bonchev–Trinajstić information content (AvgIpc) is 2.88.